The minimum absolute atomic E-state index is 0.243. The molecular weight excluding hydrogens is 388 g/mol. The maximum absolute atomic E-state index is 12.4. The lowest BCUT2D eigenvalue weighted by molar-refractivity contribution is 0.0949. The third-order valence-corrected chi connectivity index (χ3v) is 4.44. The summed E-state index contributed by atoms with van der Waals surface area (Å²) < 4.78 is 13.5. The van der Waals surface area contributed by atoms with Crippen LogP contribution in [0.1, 0.15) is 16.1 Å². The van der Waals surface area contributed by atoms with Crippen LogP contribution in [0.25, 0.3) is 16.6 Å². The minimum Gasteiger partial charge on any atom is -0.496 e. The van der Waals surface area contributed by atoms with Gasteiger partial charge in [0.2, 0.25) is 0 Å². The predicted octanol–water partition coefficient (Wildman–Crippen LogP) is 3.18. The van der Waals surface area contributed by atoms with Crippen molar-refractivity contribution in [2.24, 2.45) is 0 Å². The number of methoxy groups -OCH3 is 1. The SMILES string of the molecule is COc1ccc(Br)c2oc(CNC(=O)c3cnn4cccnc34)cc12. The number of fused-ring (bicyclic) bond motifs is 2. The third kappa shape index (κ3) is 2.74. The van der Waals surface area contributed by atoms with Gasteiger partial charge in [0.15, 0.2) is 11.2 Å². The molecule has 126 valence electrons. The first-order chi connectivity index (χ1) is 12.2. The smallest absolute Gasteiger partial charge is 0.257 e. The Kier molecular flexibility index (Phi) is 3.89. The molecule has 8 heteroatoms. The second kappa shape index (κ2) is 6.21. The monoisotopic (exact) mass is 400 g/mol. The van der Waals surface area contributed by atoms with Crippen molar-refractivity contribution < 1.29 is 13.9 Å². The molecule has 3 heterocycles. The van der Waals surface area contributed by atoms with Crippen LogP contribution in [0.3, 0.4) is 0 Å². The van der Waals surface area contributed by atoms with Gasteiger partial charge < -0.3 is 14.5 Å². The van der Waals surface area contributed by atoms with Crippen molar-refractivity contribution in [3.63, 3.8) is 0 Å². The summed E-state index contributed by atoms with van der Waals surface area (Å²) in [6, 6.07) is 7.32. The van der Waals surface area contributed by atoms with Crippen LogP contribution in [0, 0.1) is 0 Å². The standard InChI is InChI=1S/C17H13BrN4O3/c1-24-14-4-3-13(18)15-11(14)7-10(25-15)8-20-17(23)12-9-21-22-6-2-5-19-16(12)22/h2-7,9H,8H2,1H3,(H,20,23). The van der Waals surface area contributed by atoms with Crippen LogP contribution in [0.4, 0.5) is 0 Å². The average molecular weight is 401 g/mol. The van der Waals surface area contributed by atoms with Gasteiger partial charge >= 0.3 is 0 Å². The average Bonchev–Trinajstić information content (AvgIpc) is 3.25. The van der Waals surface area contributed by atoms with Crippen molar-refractivity contribution in [3.8, 4) is 5.75 Å². The van der Waals surface area contributed by atoms with Gasteiger partial charge in [-0.25, -0.2) is 9.50 Å². The van der Waals surface area contributed by atoms with Crippen LogP contribution in [-0.4, -0.2) is 27.6 Å². The Morgan fingerprint density at radius 3 is 3.16 bits per heavy atom. The molecule has 1 amide bonds. The van der Waals surface area contributed by atoms with Gasteiger partial charge in [0.25, 0.3) is 5.91 Å². The van der Waals surface area contributed by atoms with Gasteiger partial charge in [0.1, 0.15) is 17.1 Å². The minimum atomic E-state index is -0.264. The largest absolute Gasteiger partial charge is 0.496 e. The number of carbonyl (C=O) groups excluding carboxylic acids is 1. The van der Waals surface area contributed by atoms with Crippen molar-refractivity contribution >= 4 is 38.5 Å². The molecule has 0 bridgehead atoms. The maximum Gasteiger partial charge on any atom is 0.257 e. The van der Waals surface area contributed by atoms with Crippen LogP contribution in [0.15, 0.2) is 51.7 Å². The number of nitrogens with zero attached hydrogens (tertiary/aromatic N) is 3. The van der Waals surface area contributed by atoms with Crippen LogP contribution < -0.4 is 10.1 Å². The molecule has 0 saturated heterocycles. The molecule has 0 aliphatic heterocycles. The van der Waals surface area contributed by atoms with E-state index in [0.29, 0.717) is 28.3 Å². The number of nitrogens with one attached hydrogen (secondary N) is 1. The van der Waals surface area contributed by atoms with E-state index in [1.165, 1.54) is 6.20 Å². The topological polar surface area (TPSA) is 81.7 Å². The summed E-state index contributed by atoms with van der Waals surface area (Å²) in [5.41, 5.74) is 1.60. The molecule has 0 aliphatic rings. The Balaban J connectivity index is 1.58. The molecule has 0 unspecified atom stereocenters. The number of carbonyl (C=O) groups is 1. The van der Waals surface area contributed by atoms with Gasteiger partial charge in [-0.2, -0.15) is 5.10 Å². The second-order valence-electron chi connectivity index (χ2n) is 5.33. The van der Waals surface area contributed by atoms with Crippen molar-refractivity contribution in [1.29, 1.82) is 0 Å². The lowest BCUT2D eigenvalue weighted by Gasteiger charge is -2.01. The van der Waals surface area contributed by atoms with E-state index >= 15 is 0 Å². The van der Waals surface area contributed by atoms with Crippen molar-refractivity contribution in [2.75, 3.05) is 7.11 Å². The molecule has 0 aliphatic carbocycles. The molecule has 0 fully saturated rings. The Morgan fingerprint density at radius 2 is 2.32 bits per heavy atom. The molecule has 4 aromatic rings. The number of aromatic nitrogens is 3. The first-order valence-corrected chi connectivity index (χ1v) is 8.28. The lowest BCUT2D eigenvalue weighted by Crippen LogP contribution is -2.22. The zero-order valence-corrected chi connectivity index (χ0v) is 14.8. The van der Waals surface area contributed by atoms with Crippen LogP contribution >= 0.6 is 15.9 Å². The molecule has 0 atom stereocenters. The summed E-state index contributed by atoms with van der Waals surface area (Å²) in [6.45, 7) is 0.243. The fourth-order valence-electron chi connectivity index (χ4n) is 2.63. The summed E-state index contributed by atoms with van der Waals surface area (Å²) in [7, 11) is 1.61. The van der Waals surface area contributed by atoms with Gasteiger partial charge in [-0.05, 0) is 40.2 Å². The normalized spacial score (nSPS) is 11.1. The van der Waals surface area contributed by atoms with Gasteiger partial charge in [0.05, 0.1) is 29.7 Å². The van der Waals surface area contributed by atoms with Gasteiger partial charge in [0, 0.05) is 12.4 Å². The van der Waals surface area contributed by atoms with E-state index in [4.69, 9.17) is 9.15 Å². The molecule has 0 radical (unpaired) electrons. The van der Waals surface area contributed by atoms with Crippen LogP contribution in [0.5, 0.6) is 5.75 Å². The molecule has 4 rings (SSSR count). The van der Waals surface area contributed by atoms with E-state index in [1.54, 1.807) is 30.1 Å². The number of hydrogen-bond donors (Lipinski definition) is 1. The zero-order chi connectivity index (χ0) is 17.4. The predicted molar refractivity (Wildman–Crippen MR) is 94.6 cm³/mol. The quantitative estimate of drug-likeness (QED) is 0.568. The van der Waals surface area contributed by atoms with E-state index in [-0.39, 0.29) is 12.5 Å². The molecule has 1 N–H and O–H groups in total. The summed E-state index contributed by atoms with van der Waals surface area (Å²) in [4.78, 5) is 16.6. The molecule has 25 heavy (non-hydrogen) atoms. The lowest BCUT2D eigenvalue weighted by atomic mass is 10.2. The molecule has 0 saturated carbocycles. The van der Waals surface area contributed by atoms with E-state index in [9.17, 15) is 4.79 Å². The highest BCUT2D eigenvalue weighted by atomic mass is 79.9. The Morgan fingerprint density at radius 1 is 1.44 bits per heavy atom. The molecule has 3 aromatic heterocycles. The van der Waals surface area contributed by atoms with E-state index in [0.717, 1.165) is 9.86 Å². The van der Waals surface area contributed by atoms with Crippen LogP contribution in [-0.2, 0) is 6.54 Å². The Hall–Kier alpha value is -2.87. The summed E-state index contributed by atoms with van der Waals surface area (Å²) >= 11 is 3.46. The molecule has 1 aromatic carbocycles. The van der Waals surface area contributed by atoms with Gasteiger partial charge in [-0.1, -0.05) is 0 Å². The van der Waals surface area contributed by atoms with E-state index in [2.05, 4.69) is 31.3 Å². The van der Waals surface area contributed by atoms with E-state index < -0.39 is 0 Å². The number of furan rings is 1. The van der Waals surface area contributed by atoms with Crippen molar-refractivity contribution in [2.45, 2.75) is 6.54 Å². The first-order valence-electron chi connectivity index (χ1n) is 7.49. The van der Waals surface area contributed by atoms with Crippen molar-refractivity contribution in [1.82, 2.24) is 19.9 Å². The highest BCUT2D eigenvalue weighted by Gasteiger charge is 2.16. The third-order valence-electron chi connectivity index (χ3n) is 3.81. The first kappa shape index (κ1) is 15.6. The maximum atomic E-state index is 12.4. The molecule has 0 spiro atoms. The highest BCUT2D eigenvalue weighted by Crippen LogP contribution is 2.34. The highest BCUT2D eigenvalue weighted by molar-refractivity contribution is 9.10. The summed E-state index contributed by atoms with van der Waals surface area (Å²) in [5, 5.41) is 7.79. The Bertz CT molecular complexity index is 1090. The number of amides is 1. The van der Waals surface area contributed by atoms with Crippen molar-refractivity contribution in [3.05, 3.63) is 58.7 Å². The molecular formula is C17H13BrN4O3. The number of rotatable bonds is 4. The number of benzene rings is 1. The summed E-state index contributed by atoms with van der Waals surface area (Å²) in [5.74, 6) is 1.07. The van der Waals surface area contributed by atoms with Crippen LogP contribution in [0.2, 0.25) is 0 Å². The number of halogens is 1. The summed E-state index contributed by atoms with van der Waals surface area (Å²) in [6.07, 6.45) is 4.86. The van der Waals surface area contributed by atoms with Gasteiger partial charge in [-0.15, -0.1) is 0 Å². The fourth-order valence-corrected chi connectivity index (χ4v) is 3.06. The zero-order valence-electron chi connectivity index (χ0n) is 13.2. The van der Waals surface area contributed by atoms with E-state index in [1.807, 2.05) is 18.2 Å². The number of hydrogen-bond acceptors (Lipinski definition) is 5. The Labute approximate surface area is 150 Å². The fraction of sp³-hybridized carbons (Fsp3) is 0.118. The second-order valence-corrected chi connectivity index (χ2v) is 6.19. The number of ether oxygens (including phenoxy) is 1. The van der Waals surface area contributed by atoms with Gasteiger partial charge in [-0.3, -0.25) is 4.79 Å². The molecule has 7 nitrogen and oxygen atoms in total.